The van der Waals surface area contributed by atoms with Gasteiger partial charge in [-0.15, -0.1) is 0 Å². The average molecular weight is 389 g/mol. The molecule has 2 heterocycles. The predicted molar refractivity (Wildman–Crippen MR) is 113 cm³/mol. The third kappa shape index (κ3) is 4.78. The number of rotatable bonds is 6. The number of aromatic nitrogens is 3. The predicted octanol–water partition coefficient (Wildman–Crippen LogP) is 3.06. The van der Waals surface area contributed by atoms with Crippen LogP contribution in [0.4, 0.5) is 29.2 Å². The van der Waals surface area contributed by atoms with Gasteiger partial charge >= 0.3 is 0 Å². The number of carbonyl (C=O) groups is 1. The summed E-state index contributed by atoms with van der Waals surface area (Å²) in [6.45, 7) is 1.35. The molecule has 2 aromatic carbocycles. The van der Waals surface area contributed by atoms with E-state index in [0.29, 0.717) is 43.8 Å². The second-order valence-electron chi connectivity index (χ2n) is 6.93. The van der Waals surface area contributed by atoms with Crippen molar-refractivity contribution in [2.24, 2.45) is 11.7 Å². The molecule has 3 aromatic rings. The molecule has 1 aromatic heterocycles. The fourth-order valence-electron chi connectivity index (χ4n) is 3.28. The second kappa shape index (κ2) is 8.55. The molecule has 0 bridgehead atoms. The van der Waals surface area contributed by atoms with Crippen molar-refractivity contribution in [2.45, 2.75) is 12.8 Å². The number of hydrogen-bond acceptors (Lipinski definition) is 7. The van der Waals surface area contributed by atoms with E-state index in [1.165, 1.54) is 0 Å². The minimum absolute atomic E-state index is 0.0862. The highest BCUT2D eigenvalue weighted by atomic mass is 16.1. The van der Waals surface area contributed by atoms with E-state index in [1.54, 1.807) is 0 Å². The van der Waals surface area contributed by atoms with Crippen LogP contribution in [0.1, 0.15) is 12.8 Å². The molecule has 8 nitrogen and oxygen atoms in total. The minimum Gasteiger partial charge on any atom is -0.369 e. The van der Waals surface area contributed by atoms with Crippen LogP contribution < -0.4 is 21.3 Å². The van der Waals surface area contributed by atoms with Crippen LogP contribution in [-0.4, -0.2) is 33.9 Å². The van der Waals surface area contributed by atoms with E-state index in [4.69, 9.17) is 5.73 Å². The molecule has 1 saturated heterocycles. The van der Waals surface area contributed by atoms with Crippen LogP contribution in [0.15, 0.2) is 60.7 Å². The van der Waals surface area contributed by atoms with E-state index in [-0.39, 0.29) is 11.8 Å². The number of carbonyl (C=O) groups excluding carboxylic acids is 1. The molecule has 8 heteroatoms. The number of anilines is 5. The summed E-state index contributed by atoms with van der Waals surface area (Å²) in [7, 11) is 0. The number of benzene rings is 2. The van der Waals surface area contributed by atoms with Gasteiger partial charge in [0.05, 0.1) is 0 Å². The quantitative estimate of drug-likeness (QED) is 0.594. The molecule has 0 atom stereocenters. The number of nitrogens with one attached hydrogen (secondary N) is 2. The van der Waals surface area contributed by atoms with Crippen LogP contribution in [0, 0.1) is 5.92 Å². The fourth-order valence-corrected chi connectivity index (χ4v) is 3.28. The molecule has 4 rings (SSSR count). The summed E-state index contributed by atoms with van der Waals surface area (Å²) in [6.07, 6.45) is 1.40. The Hall–Kier alpha value is -3.68. The van der Waals surface area contributed by atoms with E-state index >= 15 is 0 Å². The summed E-state index contributed by atoms with van der Waals surface area (Å²) in [6, 6.07) is 19.5. The Balaban J connectivity index is 1.60. The summed E-state index contributed by atoms with van der Waals surface area (Å²) in [5.74, 6) is 1.16. The monoisotopic (exact) mass is 389 g/mol. The van der Waals surface area contributed by atoms with Crippen LogP contribution >= 0.6 is 0 Å². The van der Waals surface area contributed by atoms with Crippen molar-refractivity contribution < 1.29 is 4.79 Å². The van der Waals surface area contributed by atoms with Gasteiger partial charge in [0.25, 0.3) is 0 Å². The lowest BCUT2D eigenvalue weighted by Gasteiger charge is -2.30. The minimum atomic E-state index is -0.238. The number of piperidine rings is 1. The Morgan fingerprint density at radius 1 is 0.828 bits per heavy atom. The normalized spacial score (nSPS) is 14.4. The standard InChI is InChI=1S/C21H23N7O/c22-18(29)15-11-13-28(14-12-15)21-26-19(23-16-7-3-1-4-8-16)25-20(27-21)24-17-9-5-2-6-10-17/h1-10,15H,11-14H2,(H2,22,29)(H2,23,24,25,26,27). The second-order valence-corrected chi connectivity index (χ2v) is 6.93. The number of nitrogens with zero attached hydrogens (tertiary/aromatic N) is 4. The topological polar surface area (TPSA) is 109 Å². The summed E-state index contributed by atoms with van der Waals surface area (Å²) in [5, 5.41) is 6.47. The summed E-state index contributed by atoms with van der Waals surface area (Å²) in [5.41, 5.74) is 7.24. The van der Waals surface area contributed by atoms with E-state index in [0.717, 1.165) is 11.4 Å². The highest BCUT2D eigenvalue weighted by Crippen LogP contribution is 2.24. The molecule has 0 spiro atoms. The fraction of sp³-hybridized carbons (Fsp3) is 0.238. The largest absolute Gasteiger partial charge is 0.369 e. The van der Waals surface area contributed by atoms with Crippen LogP contribution in [-0.2, 0) is 4.79 Å². The van der Waals surface area contributed by atoms with E-state index < -0.39 is 0 Å². The van der Waals surface area contributed by atoms with E-state index in [2.05, 4.69) is 30.5 Å². The zero-order chi connectivity index (χ0) is 20.1. The molecule has 1 amide bonds. The van der Waals surface area contributed by atoms with Crippen LogP contribution in [0.2, 0.25) is 0 Å². The summed E-state index contributed by atoms with van der Waals surface area (Å²) < 4.78 is 0. The molecule has 0 radical (unpaired) electrons. The first-order chi connectivity index (χ1) is 14.2. The first kappa shape index (κ1) is 18.7. The Morgan fingerprint density at radius 2 is 1.31 bits per heavy atom. The number of para-hydroxylation sites is 2. The molecule has 1 fully saturated rings. The first-order valence-corrected chi connectivity index (χ1v) is 9.62. The van der Waals surface area contributed by atoms with Gasteiger partial charge in [0, 0.05) is 30.4 Å². The van der Waals surface area contributed by atoms with E-state index in [1.807, 2.05) is 60.7 Å². The average Bonchev–Trinajstić information content (AvgIpc) is 2.75. The molecule has 0 unspecified atom stereocenters. The first-order valence-electron chi connectivity index (χ1n) is 9.62. The lowest BCUT2D eigenvalue weighted by molar-refractivity contribution is -0.122. The maximum Gasteiger partial charge on any atom is 0.233 e. The molecule has 4 N–H and O–H groups in total. The number of nitrogens with two attached hydrogens (primary N) is 1. The Labute approximate surface area is 169 Å². The van der Waals surface area contributed by atoms with Gasteiger partial charge in [0.2, 0.25) is 23.8 Å². The van der Waals surface area contributed by atoms with Crippen LogP contribution in [0.25, 0.3) is 0 Å². The molecule has 29 heavy (non-hydrogen) atoms. The van der Waals surface area contributed by atoms with Gasteiger partial charge in [0.1, 0.15) is 0 Å². The van der Waals surface area contributed by atoms with Crippen LogP contribution in [0.5, 0.6) is 0 Å². The van der Waals surface area contributed by atoms with Crippen molar-refractivity contribution in [2.75, 3.05) is 28.6 Å². The lowest BCUT2D eigenvalue weighted by atomic mass is 9.96. The molecule has 0 saturated carbocycles. The zero-order valence-electron chi connectivity index (χ0n) is 16.0. The van der Waals surface area contributed by atoms with Gasteiger partial charge in [-0.05, 0) is 37.1 Å². The van der Waals surface area contributed by atoms with Crippen molar-refractivity contribution in [3.63, 3.8) is 0 Å². The van der Waals surface area contributed by atoms with Crippen molar-refractivity contribution in [1.82, 2.24) is 15.0 Å². The lowest BCUT2D eigenvalue weighted by Crippen LogP contribution is -2.39. The van der Waals surface area contributed by atoms with Gasteiger partial charge < -0.3 is 21.3 Å². The van der Waals surface area contributed by atoms with Crippen molar-refractivity contribution in [1.29, 1.82) is 0 Å². The highest BCUT2D eigenvalue weighted by molar-refractivity contribution is 5.77. The Morgan fingerprint density at radius 3 is 1.76 bits per heavy atom. The van der Waals surface area contributed by atoms with E-state index in [9.17, 15) is 4.79 Å². The number of amides is 1. The van der Waals surface area contributed by atoms with Gasteiger partial charge in [-0.1, -0.05) is 36.4 Å². The third-order valence-electron chi connectivity index (χ3n) is 4.86. The number of hydrogen-bond donors (Lipinski definition) is 3. The third-order valence-corrected chi connectivity index (χ3v) is 4.86. The molecule has 148 valence electrons. The van der Waals surface area contributed by atoms with Crippen molar-refractivity contribution in [3.05, 3.63) is 60.7 Å². The van der Waals surface area contributed by atoms with Gasteiger partial charge in [-0.2, -0.15) is 15.0 Å². The highest BCUT2D eigenvalue weighted by Gasteiger charge is 2.25. The summed E-state index contributed by atoms with van der Waals surface area (Å²) in [4.78, 5) is 27.2. The van der Waals surface area contributed by atoms with Crippen molar-refractivity contribution >= 4 is 35.1 Å². The smallest absolute Gasteiger partial charge is 0.233 e. The molecule has 1 aliphatic heterocycles. The number of primary amides is 1. The molecular formula is C21H23N7O. The Kier molecular flexibility index (Phi) is 5.51. The van der Waals surface area contributed by atoms with Gasteiger partial charge in [0.15, 0.2) is 0 Å². The molecular weight excluding hydrogens is 366 g/mol. The SMILES string of the molecule is NC(=O)C1CCN(c2nc(Nc3ccccc3)nc(Nc3ccccc3)n2)CC1. The summed E-state index contributed by atoms with van der Waals surface area (Å²) >= 11 is 0. The zero-order valence-corrected chi connectivity index (χ0v) is 16.0. The maximum absolute atomic E-state index is 11.5. The van der Waals surface area contributed by atoms with Crippen molar-refractivity contribution in [3.8, 4) is 0 Å². The van der Waals surface area contributed by atoms with Gasteiger partial charge in [-0.3, -0.25) is 4.79 Å². The molecule has 0 aliphatic carbocycles. The molecule has 1 aliphatic rings. The van der Waals surface area contributed by atoms with Crippen LogP contribution in [0.3, 0.4) is 0 Å². The Bertz CT molecular complexity index is 898. The van der Waals surface area contributed by atoms with Gasteiger partial charge in [-0.25, -0.2) is 0 Å². The maximum atomic E-state index is 11.5.